The number of aryl methyl sites for hydroxylation is 1. The molecule has 0 aromatic heterocycles. The summed E-state index contributed by atoms with van der Waals surface area (Å²) in [4.78, 5) is 0. The molecule has 2 aromatic carbocycles. The van der Waals surface area contributed by atoms with Crippen LogP contribution in [0.1, 0.15) is 47.7 Å². The lowest BCUT2D eigenvalue weighted by Crippen LogP contribution is -2.24. The highest BCUT2D eigenvalue weighted by molar-refractivity contribution is 5.46. The highest BCUT2D eigenvalue weighted by atomic mass is 16.5. The Hall–Kier alpha value is -1.80. The molecule has 0 saturated heterocycles. The van der Waals surface area contributed by atoms with Gasteiger partial charge < -0.3 is 10.5 Å². The highest BCUT2D eigenvalue weighted by Crippen LogP contribution is 2.37. The van der Waals surface area contributed by atoms with Crippen LogP contribution < -0.4 is 10.5 Å². The third kappa shape index (κ3) is 2.56. The molecule has 1 aliphatic rings. The fourth-order valence-electron chi connectivity index (χ4n) is 3.11. The summed E-state index contributed by atoms with van der Waals surface area (Å²) in [5.74, 6) is 0.997. The monoisotopic (exact) mass is 281 g/mol. The molecule has 1 heterocycles. The van der Waals surface area contributed by atoms with E-state index in [0.29, 0.717) is 0 Å². The fraction of sp³-hybridized carbons (Fsp3) is 0.368. The van der Waals surface area contributed by atoms with E-state index in [9.17, 15) is 0 Å². The summed E-state index contributed by atoms with van der Waals surface area (Å²) >= 11 is 0. The van der Waals surface area contributed by atoms with Crippen LogP contribution in [0.3, 0.4) is 0 Å². The van der Waals surface area contributed by atoms with Gasteiger partial charge in [-0.25, -0.2) is 0 Å². The van der Waals surface area contributed by atoms with Gasteiger partial charge in [-0.1, -0.05) is 30.3 Å². The average Bonchev–Trinajstić information content (AvgIpc) is 2.73. The van der Waals surface area contributed by atoms with Crippen molar-refractivity contribution in [1.29, 1.82) is 0 Å². The average molecular weight is 281 g/mol. The van der Waals surface area contributed by atoms with Gasteiger partial charge in [-0.05, 0) is 61.6 Å². The van der Waals surface area contributed by atoms with Gasteiger partial charge in [-0.15, -0.1) is 0 Å². The molecule has 0 bridgehead atoms. The number of benzene rings is 2. The molecule has 1 aliphatic heterocycles. The van der Waals surface area contributed by atoms with Crippen LogP contribution in [0.5, 0.6) is 5.75 Å². The SMILES string of the molecule is Cc1cccc(C(N)c2ccc3c(c2)CC(C)(C)O3)c1C. The number of hydrogen-bond donors (Lipinski definition) is 1. The van der Waals surface area contributed by atoms with E-state index in [-0.39, 0.29) is 11.6 Å². The fourth-order valence-corrected chi connectivity index (χ4v) is 3.11. The van der Waals surface area contributed by atoms with Crippen molar-refractivity contribution in [3.63, 3.8) is 0 Å². The molecule has 0 fully saturated rings. The van der Waals surface area contributed by atoms with Crippen molar-refractivity contribution in [3.8, 4) is 5.75 Å². The first-order valence-electron chi connectivity index (χ1n) is 7.51. The first-order valence-corrected chi connectivity index (χ1v) is 7.51. The molecular weight excluding hydrogens is 258 g/mol. The van der Waals surface area contributed by atoms with Gasteiger partial charge in [0.1, 0.15) is 11.4 Å². The van der Waals surface area contributed by atoms with Crippen LogP contribution in [0.4, 0.5) is 0 Å². The van der Waals surface area contributed by atoms with Crippen molar-refractivity contribution >= 4 is 0 Å². The topological polar surface area (TPSA) is 35.2 Å². The Bertz CT molecular complexity index is 688. The van der Waals surface area contributed by atoms with E-state index in [0.717, 1.165) is 17.7 Å². The predicted molar refractivity (Wildman–Crippen MR) is 86.8 cm³/mol. The second kappa shape index (κ2) is 4.88. The maximum atomic E-state index is 6.51. The van der Waals surface area contributed by atoms with Crippen LogP contribution in [0.15, 0.2) is 36.4 Å². The molecule has 3 rings (SSSR count). The smallest absolute Gasteiger partial charge is 0.123 e. The number of nitrogens with two attached hydrogens (primary N) is 1. The number of hydrogen-bond acceptors (Lipinski definition) is 2. The highest BCUT2D eigenvalue weighted by Gasteiger charge is 2.30. The zero-order valence-corrected chi connectivity index (χ0v) is 13.2. The summed E-state index contributed by atoms with van der Waals surface area (Å²) in [5.41, 5.74) is 12.6. The van der Waals surface area contributed by atoms with Crippen LogP contribution >= 0.6 is 0 Å². The van der Waals surface area contributed by atoms with Crippen molar-refractivity contribution in [2.24, 2.45) is 5.73 Å². The van der Waals surface area contributed by atoms with Gasteiger partial charge in [0.25, 0.3) is 0 Å². The van der Waals surface area contributed by atoms with Crippen molar-refractivity contribution in [3.05, 3.63) is 64.2 Å². The van der Waals surface area contributed by atoms with E-state index >= 15 is 0 Å². The molecular formula is C19H23NO. The Balaban J connectivity index is 1.97. The summed E-state index contributed by atoms with van der Waals surface area (Å²) < 4.78 is 5.94. The first kappa shape index (κ1) is 14.2. The Morgan fingerprint density at radius 2 is 1.90 bits per heavy atom. The number of ether oxygens (including phenoxy) is 1. The third-order valence-electron chi connectivity index (χ3n) is 4.43. The lowest BCUT2D eigenvalue weighted by atomic mass is 9.91. The molecule has 0 amide bonds. The maximum Gasteiger partial charge on any atom is 0.123 e. The summed E-state index contributed by atoms with van der Waals surface area (Å²) in [7, 11) is 0. The predicted octanol–water partition coefficient (Wildman–Crippen LogP) is 4.07. The van der Waals surface area contributed by atoms with E-state index in [2.05, 4.69) is 64.1 Å². The molecule has 1 unspecified atom stereocenters. The van der Waals surface area contributed by atoms with Gasteiger partial charge in [0.15, 0.2) is 0 Å². The van der Waals surface area contributed by atoms with Gasteiger partial charge in [0, 0.05) is 6.42 Å². The van der Waals surface area contributed by atoms with Crippen LogP contribution in [0, 0.1) is 13.8 Å². The molecule has 2 heteroatoms. The van der Waals surface area contributed by atoms with Gasteiger partial charge >= 0.3 is 0 Å². The minimum Gasteiger partial charge on any atom is -0.487 e. The van der Waals surface area contributed by atoms with Crippen molar-refractivity contribution in [1.82, 2.24) is 0 Å². The molecule has 2 N–H and O–H groups in total. The summed E-state index contributed by atoms with van der Waals surface area (Å²) in [6, 6.07) is 12.6. The van der Waals surface area contributed by atoms with Crippen LogP contribution in [0.2, 0.25) is 0 Å². The lowest BCUT2D eigenvalue weighted by Gasteiger charge is -2.17. The van der Waals surface area contributed by atoms with Gasteiger partial charge in [-0.2, -0.15) is 0 Å². The minimum atomic E-state index is -0.107. The zero-order chi connectivity index (χ0) is 15.2. The Labute approximate surface area is 126 Å². The van der Waals surface area contributed by atoms with Crippen molar-refractivity contribution in [2.75, 3.05) is 0 Å². The van der Waals surface area contributed by atoms with Gasteiger partial charge in [-0.3, -0.25) is 0 Å². The molecule has 21 heavy (non-hydrogen) atoms. The molecule has 0 aliphatic carbocycles. The van der Waals surface area contributed by atoms with Crippen molar-refractivity contribution < 1.29 is 4.74 Å². The molecule has 2 nitrogen and oxygen atoms in total. The Morgan fingerprint density at radius 1 is 1.14 bits per heavy atom. The van der Waals surface area contributed by atoms with E-state index in [1.165, 1.54) is 22.3 Å². The molecule has 110 valence electrons. The lowest BCUT2D eigenvalue weighted by molar-refractivity contribution is 0.138. The van der Waals surface area contributed by atoms with E-state index in [1.807, 2.05) is 0 Å². The van der Waals surface area contributed by atoms with Gasteiger partial charge in [0.2, 0.25) is 0 Å². The van der Waals surface area contributed by atoms with E-state index in [4.69, 9.17) is 10.5 Å². The number of rotatable bonds is 2. The first-order chi connectivity index (χ1) is 9.87. The Kier molecular flexibility index (Phi) is 3.29. The number of fused-ring (bicyclic) bond motifs is 1. The van der Waals surface area contributed by atoms with Gasteiger partial charge in [0.05, 0.1) is 6.04 Å². The zero-order valence-electron chi connectivity index (χ0n) is 13.2. The van der Waals surface area contributed by atoms with E-state index in [1.54, 1.807) is 0 Å². The second-order valence-electron chi connectivity index (χ2n) is 6.67. The minimum absolute atomic E-state index is 0.0843. The van der Waals surface area contributed by atoms with Crippen LogP contribution in [-0.4, -0.2) is 5.60 Å². The quantitative estimate of drug-likeness (QED) is 0.900. The summed E-state index contributed by atoms with van der Waals surface area (Å²) in [5, 5.41) is 0. The van der Waals surface area contributed by atoms with Crippen molar-refractivity contribution in [2.45, 2.75) is 45.8 Å². The van der Waals surface area contributed by atoms with Crippen LogP contribution in [-0.2, 0) is 6.42 Å². The third-order valence-corrected chi connectivity index (χ3v) is 4.43. The summed E-state index contributed by atoms with van der Waals surface area (Å²) in [6.45, 7) is 8.52. The van der Waals surface area contributed by atoms with Crippen LogP contribution in [0.25, 0.3) is 0 Å². The Morgan fingerprint density at radius 3 is 2.67 bits per heavy atom. The molecule has 0 spiro atoms. The molecule has 1 atom stereocenters. The maximum absolute atomic E-state index is 6.51. The normalized spacial score (nSPS) is 17.2. The molecule has 2 aromatic rings. The second-order valence-corrected chi connectivity index (χ2v) is 6.67. The molecule has 0 saturated carbocycles. The summed E-state index contributed by atoms with van der Waals surface area (Å²) in [6.07, 6.45) is 0.940. The largest absolute Gasteiger partial charge is 0.487 e. The standard InChI is InChI=1S/C19H23NO/c1-12-6-5-7-16(13(12)2)18(20)14-8-9-17-15(10-14)11-19(3,4)21-17/h5-10,18H,11,20H2,1-4H3. The van der Waals surface area contributed by atoms with E-state index < -0.39 is 0 Å². The molecule has 0 radical (unpaired) electrons.